The van der Waals surface area contributed by atoms with Gasteiger partial charge in [-0.05, 0) is 74.1 Å². The lowest BCUT2D eigenvalue weighted by molar-refractivity contribution is -0.125. The molecular formula is C28H32N4O4S2. The minimum absolute atomic E-state index is 0.0338. The van der Waals surface area contributed by atoms with Gasteiger partial charge in [0.15, 0.2) is 0 Å². The Balaban J connectivity index is 1.59. The summed E-state index contributed by atoms with van der Waals surface area (Å²) in [4.78, 5) is 19.1. The van der Waals surface area contributed by atoms with Crippen LogP contribution in [0, 0.1) is 11.3 Å². The van der Waals surface area contributed by atoms with Gasteiger partial charge in [0.2, 0.25) is 15.9 Å². The van der Waals surface area contributed by atoms with E-state index in [9.17, 15) is 18.5 Å². The fourth-order valence-electron chi connectivity index (χ4n) is 4.56. The fourth-order valence-corrected chi connectivity index (χ4v) is 7.01. The van der Waals surface area contributed by atoms with Gasteiger partial charge in [-0.15, -0.1) is 0 Å². The molecule has 0 aromatic heterocycles. The molecule has 1 unspecified atom stereocenters. The van der Waals surface area contributed by atoms with Crippen molar-refractivity contribution in [3.8, 4) is 11.8 Å². The zero-order chi connectivity index (χ0) is 27.6. The van der Waals surface area contributed by atoms with Crippen molar-refractivity contribution >= 4 is 37.6 Å². The van der Waals surface area contributed by atoms with Crippen molar-refractivity contribution in [1.29, 1.82) is 5.26 Å². The number of amides is 1. The maximum absolute atomic E-state index is 12.7. The Morgan fingerprint density at radius 3 is 2.74 bits per heavy atom. The molecule has 1 N–H and O–H groups in total. The highest BCUT2D eigenvalue weighted by Crippen LogP contribution is 2.43. The van der Waals surface area contributed by atoms with Crippen LogP contribution in [0.4, 0.5) is 0 Å². The number of thioether (sulfide) groups is 1. The summed E-state index contributed by atoms with van der Waals surface area (Å²) in [6, 6.07) is 13.4. The first-order valence-corrected chi connectivity index (χ1v) is 14.9. The Labute approximate surface area is 228 Å². The first kappa shape index (κ1) is 27.9. The van der Waals surface area contributed by atoms with Crippen molar-refractivity contribution in [1.82, 2.24) is 9.62 Å². The van der Waals surface area contributed by atoms with E-state index in [-0.39, 0.29) is 12.1 Å². The third-order valence-electron chi connectivity index (χ3n) is 6.41. The van der Waals surface area contributed by atoms with E-state index in [0.717, 1.165) is 44.2 Å². The number of benzene rings is 2. The Morgan fingerprint density at radius 2 is 2.05 bits per heavy atom. The molecule has 1 atom stereocenters. The molecule has 2 aromatic rings. The molecule has 0 radical (unpaired) electrons. The zero-order valence-corrected chi connectivity index (χ0v) is 23.9. The molecule has 0 saturated heterocycles. The lowest BCUT2D eigenvalue weighted by atomic mass is 10.00. The van der Waals surface area contributed by atoms with Crippen molar-refractivity contribution in [2.24, 2.45) is 4.99 Å². The van der Waals surface area contributed by atoms with E-state index in [2.05, 4.69) is 23.8 Å². The van der Waals surface area contributed by atoms with Crippen LogP contribution in [0.1, 0.15) is 61.1 Å². The van der Waals surface area contributed by atoms with Crippen molar-refractivity contribution < 1.29 is 17.9 Å². The largest absolute Gasteiger partial charge is 0.490 e. The number of fused-ring (bicyclic) bond motifs is 1. The van der Waals surface area contributed by atoms with Gasteiger partial charge in [-0.2, -0.15) is 5.26 Å². The van der Waals surface area contributed by atoms with E-state index < -0.39 is 21.7 Å². The number of carbonyl (C=O) groups is 1. The van der Waals surface area contributed by atoms with Gasteiger partial charge in [0.1, 0.15) is 22.6 Å². The van der Waals surface area contributed by atoms with Crippen LogP contribution in [-0.2, 0) is 21.2 Å². The average molecular weight is 553 g/mol. The van der Waals surface area contributed by atoms with Gasteiger partial charge in [0.25, 0.3) is 0 Å². The maximum atomic E-state index is 12.7. The SMILES string of the molecule is CC1=C(c2cccc3c2CCC3NS(=O)(=O)CC(=O)N(C)C)SC(c2ccc(OC(C)C)c(C#N)c2)=NC1. The van der Waals surface area contributed by atoms with Crippen LogP contribution >= 0.6 is 11.8 Å². The third kappa shape index (κ3) is 6.12. The molecule has 38 heavy (non-hydrogen) atoms. The van der Waals surface area contributed by atoms with Crippen LogP contribution in [0.3, 0.4) is 0 Å². The van der Waals surface area contributed by atoms with Crippen molar-refractivity contribution in [3.05, 3.63) is 69.8 Å². The maximum Gasteiger partial charge on any atom is 0.238 e. The van der Waals surface area contributed by atoms with Crippen LogP contribution in [0.15, 0.2) is 47.0 Å². The fraction of sp³-hybridized carbons (Fsp3) is 0.393. The molecule has 0 spiro atoms. The van der Waals surface area contributed by atoms with Gasteiger partial charge in [-0.3, -0.25) is 9.79 Å². The number of hydrogen-bond acceptors (Lipinski definition) is 7. The molecule has 1 aliphatic heterocycles. The number of nitrogens with one attached hydrogen (secondary N) is 1. The van der Waals surface area contributed by atoms with Crippen molar-refractivity contribution in [2.45, 2.75) is 45.8 Å². The second-order valence-corrected chi connectivity index (χ2v) is 12.7. The van der Waals surface area contributed by atoms with E-state index in [1.807, 2.05) is 44.2 Å². The Morgan fingerprint density at radius 1 is 1.29 bits per heavy atom. The highest BCUT2D eigenvalue weighted by molar-refractivity contribution is 8.22. The van der Waals surface area contributed by atoms with E-state index in [1.54, 1.807) is 25.9 Å². The highest BCUT2D eigenvalue weighted by Gasteiger charge is 2.31. The van der Waals surface area contributed by atoms with Crippen LogP contribution in [0.25, 0.3) is 4.91 Å². The monoisotopic (exact) mass is 552 g/mol. The second-order valence-electron chi connectivity index (χ2n) is 9.95. The van der Waals surface area contributed by atoms with Gasteiger partial charge in [0.05, 0.1) is 18.2 Å². The van der Waals surface area contributed by atoms with E-state index in [1.165, 1.54) is 4.90 Å². The lowest BCUT2D eigenvalue weighted by Gasteiger charge is -2.21. The summed E-state index contributed by atoms with van der Waals surface area (Å²) in [7, 11) is -0.695. The van der Waals surface area contributed by atoms with E-state index >= 15 is 0 Å². The third-order valence-corrected chi connectivity index (χ3v) is 9.01. The van der Waals surface area contributed by atoms with Gasteiger partial charge in [-0.25, -0.2) is 13.1 Å². The molecule has 1 amide bonds. The average Bonchev–Trinajstić information content (AvgIpc) is 3.26. The first-order chi connectivity index (χ1) is 18.0. The summed E-state index contributed by atoms with van der Waals surface area (Å²) in [5, 5.41) is 10.5. The summed E-state index contributed by atoms with van der Waals surface area (Å²) in [5.74, 6) is -0.475. The summed E-state index contributed by atoms with van der Waals surface area (Å²) < 4.78 is 33.8. The van der Waals surface area contributed by atoms with Gasteiger partial charge >= 0.3 is 0 Å². The van der Waals surface area contributed by atoms with Crippen molar-refractivity contribution in [3.63, 3.8) is 0 Å². The number of carbonyl (C=O) groups excluding carboxylic acids is 1. The second kappa shape index (κ2) is 11.3. The number of aliphatic imine (C=N–C) groups is 1. The predicted molar refractivity (Wildman–Crippen MR) is 152 cm³/mol. The zero-order valence-electron chi connectivity index (χ0n) is 22.2. The van der Waals surface area contributed by atoms with Crippen LogP contribution in [-0.4, -0.2) is 56.8 Å². The summed E-state index contributed by atoms with van der Waals surface area (Å²) >= 11 is 1.57. The smallest absolute Gasteiger partial charge is 0.238 e. The normalized spacial score (nSPS) is 17.2. The molecule has 2 aliphatic rings. The van der Waals surface area contributed by atoms with Crippen molar-refractivity contribution in [2.75, 3.05) is 26.4 Å². The number of ether oxygens (including phenoxy) is 1. The molecule has 4 rings (SSSR count). The molecule has 0 bridgehead atoms. The van der Waals surface area contributed by atoms with Crippen LogP contribution < -0.4 is 9.46 Å². The number of rotatable bonds is 8. The van der Waals surface area contributed by atoms with Gasteiger partial charge in [-0.1, -0.05) is 30.0 Å². The van der Waals surface area contributed by atoms with Crippen LogP contribution in [0.5, 0.6) is 5.75 Å². The van der Waals surface area contributed by atoms with E-state index in [0.29, 0.717) is 24.3 Å². The molecule has 0 saturated carbocycles. The Hall–Kier alpha value is -3.13. The minimum Gasteiger partial charge on any atom is -0.490 e. The quantitative estimate of drug-likeness (QED) is 0.524. The molecule has 10 heteroatoms. The molecule has 2 aromatic carbocycles. The molecule has 1 heterocycles. The topological polar surface area (TPSA) is 112 Å². The Bertz CT molecular complexity index is 1470. The number of sulfonamides is 1. The number of nitriles is 1. The van der Waals surface area contributed by atoms with Gasteiger partial charge in [0, 0.05) is 30.6 Å². The summed E-state index contributed by atoms with van der Waals surface area (Å²) in [6.45, 7) is 6.45. The summed E-state index contributed by atoms with van der Waals surface area (Å²) in [5.41, 5.74) is 5.58. The van der Waals surface area contributed by atoms with Crippen LogP contribution in [0.2, 0.25) is 0 Å². The Kier molecular flexibility index (Phi) is 8.31. The van der Waals surface area contributed by atoms with E-state index in [4.69, 9.17) is 9.73 Å². The molecule has 200 valence electrons. The standard InChI is InChI=1S/C28H32N4O4S2/c1-17(2)36-25-12-9-19(13-20(25)14-29)28-30-15-18(3)27(37-28)23-8-6-7-22-21(23)10-11-24(22)31-38(34,35)16-26(33)32(4)5/h6-9,12-13,17,24,31H,10-11,15-16H2,1-5H3. The molecule has 1 aliphatic carbocycles. The predicted octanol–water partition coefficient (Wildman–Crippen LogP) is 4.26. The molecule has 0 fully saturated rings. The van der Waals surface area contributed by atoms with Gasteiger partial charge < -0.3 is 9.64 Å². The number of nitrogens with zero attached hydrogens (tertiary/aromatic N) is 3. The lowest BCUT2D eigenvalue weighted by Crippen LogP contribution is -2.37. The summed E-state index contributed by atoms with van der Waals surface area (Å²) in [6.07, 6.45) is 1.32. The first-order valence-electron chi connectivity index (χ1n) is 12.4. The highest BCUT2D eigenvalue weighted by atomic mass is 32.2. The number of hydrogen-bond donors (Lipinski definition) is 1. The molecule has 8 nitrogen and oxygen atoms in total. The molecular weight excluding hydrogens is 520 g/mol. The minimum atomic E-state index is -3.78.